The summed E-state index contributed by atoms with van der Waals surface area (Å²) in [5.74, 6) is 0.736. The maximum atomic E-state index is 13.2. The monoisotopic (exact) mass is 324 g/mol. The van der Waals surface area contributed by atoms with Gasteiger partial charge in [-0.1, -0.05) is 23.8 Å². The number of carbonyl (C=O) groups is 1. The molecule has 1 fully saturated rings. The van der Waals surface area contributed by atoms with Gasteiger partial charge in [0.2, 0.25) is 0 Å². The van der Waals surface area contributed by atoms with E-state index in [1.54, 1.807) is 7.11 Å². The Morgan fingerprint density at radius 2 is 1.83 bits per heavy atom. The van der Waals surface area contributed by atoms with Crippen LogP contribution in [-0.2, 0) is 0 Å². The van der Waals surface area contributed by atoms with Gasteiger partial charge in [-0.2, -0.15) is 0 Å². The summed E-state index contributed by atoms with van der Waals surface area (Å²) in [5.41, 5.74) is 2.81. The van der Waals surface area contributed by atoms with E-state index in [9.17, 15) is 4.79 Å². The fourth-order valence-corrected chi connectivity index (χ4v) is 3.16. The average molecular weight is 324 g/mol. The lowest BCUT2D eigenvalue weighted by Gasteiger charge is -2.35. The summed E-state index contributed by atoms with van der Waals surface area (Å²) < 4.78 is 5.27. The van der Waals surface area contributed by atoms with Crippen LogP contribution in [0.4, 0.5) is 5.69 Å². The fourth-order valence-electron chi connectivity index (χ4n) is 3.16. The maximum Gasteiger partial charge on any atom is 0.258 e. The first-order chi connectivity index (χ1) is 11.7. The molecule has 1 aliphatic rings. The molecule has 0 unspecified atom stereocenters. The molecule has 4 nitrogen and oxygen atoms in total. The van der Waals surface area contributed by atoms with Gasteiger partial charge in [0.25, 0.3) is 5.91 Å². The molecule has 0 bridgehead atoms. The van der Waals surface area contributed by atoms with Crippen LogP contribution in [0.3, 0.4) is 0 Å². The van der Waals surface area contributed by atoms with Crippen molar-refractivity contribution >= 4 is 11.6 Å². The minimum atomic E-state index is 0.0321. The third-order valence-electron chi connectivity index (χ3n) is 4.52. The lowest BCUT2D eigenvalue weighted by Crippen LogP contribution is -2.46. The highest BCUT2D eigenvalue weighted by molar-refractivity contribution is 6.06. The number of rotatable bonds is 4. The van der Waals surface area contributed by atoms with Gasteiger partial charge in [0.1, 0.15) is 5.75 Å². The van der Waals surface area contributed by atoms with Crippen LogP contribution in [0.15, 0.2) is 48.5 Å². The third kappa shape index (κ3) is 3.60. The highest BCUT2D eigenvalue weighted by Crippen LogP contribution is 2.26. The first kappa shape index (κ1) is 16.5. The molecular formula is C20H24N2O2. The van der Waals surface area contributed by atoms with Crippen molar-refractivity contribution in [1.29, 1.82) is 0 Å². The number of amides is 1. The molecule has 3 rings (SSSR count). The SMILES string of the molecule is COc1cccc(C(=O)N(c2ccc(C)cc2)C2CCNCC2)c1. The van der Waals surface area contributed by atoms with E-state index in [-0.39, 0.29) is 11.9 Å². The van der Waals surface area contributed by atoms with E-state index in [1.807, 2.05) is 41.3 Å². The topological polar surface area (TPSA) is 41.6 Å². The van der Waals surface area contributed by atoms with E-state index in [2.05, 4.69) is 24.4 Å². The standard InChI is InChI=1S/C20H24N2O2/c1-15-6-8-17(9-7-15)22(18-10-12-21-13-11-18)20(23)16-4-3-5-19(14-16)24-2/h3-9,14,18,21H,10-13H2,1-2H3. The Morgan fingerprint density at radius 3 is 2.50 bits per heavy atom. The number of ether oxygens (including phenoxy) is 1. The molecule has 24 heavy (non-hydrogen) atoms. The van der Waals surface area contributed by atoms with Crippen LogP contribution in [0.2, 0.25) is 0 Å². The molecule has 0 radical (unpaired) electrons. The lowest BCUT2D eigenvalue weighted by atomic mass is 10.0. The minimum absolute atomic E-state index is 0.0321. The second-order valence-corrected chi connectivity index (χ2v) is 6.22. The van der Waals surface area contributed by atoms with Crippen molar-refractivity contribution in [3.63, 3.8) is 0 Å². The van der Waals surface area contributed by atoms with Crippen molar-refractivity contribution in [1.82, 2.24) is 5.32 Å². The molecule has 1 saturated heterocycles. The fraction of sp³-hybridized carbons (Fsp3) is 0.350. The summed E-state index contributed by atoms with van der Waals surface area (Å²) in [4.78, 5) is 15.2. The van der Waals surface area contributed by atoms with E-state index in [1.165, 1.54) is 5.56 Å². The molecule has 1 N–H and O–H groups in total. The van der Waals surface area contributed by atoms with Crippen molar-refractivity contribution in [2.75, 3.05) is 25.1 Å². The van der Waals surface area contributed by atoms with E-state index < -0.39 is 0 Å². The summed E-state index contributed by atoms with van der Waals surface area (Å²) in [6, 6.07) is 15.8. The van der Waals surface area contributed by atoms with Gasteiger partial charge in [-0.3, -0.25) is 4.79 Å². The van der Waals surface area contributed by atoms with Crippen LogP contribution < -0.4 is 15.0 Å². The van der Waals surface area contributed by atoms with Crippen molar-refractivity contribution in [2.24, 2.45) is 0 Å². The Morgan fingerprint density at radius 1 is 1.12 bits per heavy atom. The molecule has 1 heterocycles. The molecular weight excluding hydrogens is 300 g/mol. The molecule has 4 heteroatoms. The average Bonchev–Trinajstić information content (AvgIpc) is 2.64. The first-order valence-electron chi connectivity index (χ1n) is 8.44. The number of piperidine rings is 1. The molecule has 126 valence electrons. The molecule has 0 saturated carbocycles. The molecule has 2 aromatic carbocycles. The quantitative estimate of drug-likeness (QED) is 0.937. The summed E-state index contributed by atoms with van der Waals surface area (Å²) in [5, 5.41) is 3.37. The zero-order valence-corrected chi connectivity index (χ0v) is 14.3. The van der Waals surface area contributed by atoms with Crippen molar-refractivity contribution in [2.45, 2.75) is 25.8 Å². The summed E-state index contributed by atoms with van der Waals surface area (Å²) in [7, 11) is 1.62. The predicted molar refractivity (Wildman–Crippen MR) is 96.9 cm³/mol. The summed E-state index contributed by atoms with van der Waals surface area (Å²) in [6.45, 7) is 3.94. The van der Waals surface area contributed by atoms with Gasteiger partial charge in [-0.25, -0.2) is 0 Å². The Labute approximate surface area is 143 Å². The number of hydrogen-bond acceptors (Lipinski definition) is 3. The van der Waals surface area contributed by atoms with Crippen LogP contribution in [0.1, 0.15) is 28.8 Å². The molecule has 1 aliphatic heterocycles. The number of anilines is 1. The van der Waals surface area contributed by atoms with E-state index in [0.717, 1.165) is 31.6 Å². The Kier molecular flexibility index (Phi) is 5.16. The number of aryl methyl sites for hydroxylation is 1. The number of nitrogens with one attached hydrogen (secondary N) is 1. The number of methoxy groups -OCH3 is 1. The number of benzene rings is 2. The molecule has 0 aliphatic carbocycles. The zero-order chi connectivity index (χ0) is 16.9. The van der Waals surface area contributed by atoms with Gasteiger partial charge in [-0.05, 0) is 63.2 Å². The molecule has 0 aromatic heterocycles. The van der Waals surface area contributed by atoms with E-state index >= 15 is 0 Å². The Bertz CT molecular complexity index is 691. The zero-order valence-electron chi connectivity index (χ0n) is 14.3. The first-order valence-corrected chi connectivity index (χ1v) is 8.44. The van der Waals surface area contributed by atoms with Crippen molar-refractivity contribution in [3.8, 4) is 5.75 Å². The second-order valence-electron chi connectivity index (χ2n) is 6.22. The van der Waals surface area contributed by atoms with E-state index in [4.69, 9.17) is 4.74 Å². The van der Waals surface area contributed by atoms with Gasteiger partial charge in [-0.15, -0.1) is 0 Å². The van der Waals surface area contributed by atoms with Crippen molar-refractivity contribution < 1.29 is 9.53 Å². The predicted octanol–water partition coefficient (Wildman–Crippen LogP) is 3.40. The van der Waals surface area contributed by atoms with Gasteiger partial charge < -0.3 is 15.0 Å². The number of carbonyl (C=O) groups excluding carboxylic acids is 1. The number of nitrogens with zero attached hydrogens (tertiary/aromatic N) is 1. The minimum Gasteiger partial charge on any atom is -0.497 e. The van der Waals surface area contributed by atoms with Gasteiger partial charge in [0.05, 0.1) is 7.11 Å². The summed E-state index contributed by atoms with van der Waals surface area (Å²) in [6.07, 6.45) is 1.92. The lowest BCUT2D eigenvalue weighted by molar-refractivity contribution is 0.0971. The largest absolute Gasteiger partial charge is 0.497 e. The smallest absolute Gasteiger partial charge is 0.258 e. The number of hydrogen-bond donors (Lipinski definition) is 1. The Hall–Kier alpha value is -2.33. The highest BCUT2D eigenvalue weighted by atomic mass is 16.5. The second kappa shape index (κ2) is 7.49. The maximum absolute atomic E-state index is 13.2. The normalized spacial score (nSPS) is 15.1. The van der Waals surface area contributed by atoms with Gasteiger partial charge in [0.15, 0.2) is 0 Å². The molecule has 0 spiro atoms. The van der Waals surface area contributed by atoms with Crippen molar-refractivity contribution in [3.05, 3.63) is 59.7 Å². The van der Waals surface area contributed by atoms with Crippen LogP contribution >= 0.6 is 0 Å². The third-order valence-corrected chi connectivity index (χ3v) is 4.52. The van der Waals surface area contributed by atoms with Crippen LogP contribution in [0.25, 0.3) is 0 Å². The van der Waals surface area contributed by atoms with Gasteiger partial charge >= 0.3 is 0 Å². The van der Waals surface area contributed by atoms with Crippen LogP contribution in [0.5, 0.6) is 5.75 Å². The molecule has 2 aromatic rings. The Balaban J connectivity index is 1.96. The molecule has 0 atom stereocenters. The summed E-state index contributed by atoms with van der Waals surface area (Å²) >= 11 is 0. The van der Waals surface area contributed by atoms with Gasteiger partial charge in [0, 0.05) is 17.3 Å². The highest BCUT2D eigenvalue weighted by Gasteiger charge is 2.27. The van der Waals surface area contributed by atoms with Crippen LogP contribution in [0, 0.1) is 6.92 Å². The molecule has 1 amide bonds. The van der Waals surface area contributed by atoms with Crippen LogP contribution in [-0.4, -0.2) is 32.1 Å². The van der Waals surface area contributed by atoms with E-state index in [0.29, 0.717) is 11.3 Å².